The van der Waals surface area contributed by atoms with Gasteiger partial charge in [-0.15, -0.1) is 0 Å². The van der Waals surface area contributed by atoms with Crippen molar-refractivity contribution in [2.24, 2.45) is 4.99 Å². The summed E-state index contributed by atoms with van der Waals surface area (Å²) in [4.78, 5) is 29.8. The van der Waals surface area contributed by atoms with Crippen molar-refractivity contribution in [1.82, 2.24) is 4.90 Å². The minimum absolute atomic E-state index is 0.00205. The summed E-state index contributed by atoms with van der Waals surface area (Å²) in [5, 5.41) is 0.107. The Morgan fingerprint density at radius 1 is 1.24 bits per heavy atom. The molecule has 7 nitrogen and oxygen atoms in total. The SMILES string of the molecule is COc1cc(N=C=O)c(C(=O)N2CCCC2CO[Si](C)(C)C(C)(C)C)cc1OC. The lowest BCUT2D eigenvalue weighted by atomic mass is 10.1. The van der Waals surface area contributed by atoms with Crippen molar-refractivity contribution in [3.63, 3.8) is 0 Å². The summed E-state index contributed by atoms with van der Waals surface area (Å²) in [5.74, 6) is 0.618. The lowest BCUT2D eigenvalue weighted by molar-refractivity contribution is 0.0684. The molecule has 0 N–H and O–H groups in total. The summed E-state index contributed by atoms with van der Waals surface area (Å²) in [7, 11) is 1.08. The lowest BCUT2D eigenvalue weighted by Crippen LogP contribution is -2.46. The summed E-state index contributed by atoms with van der Waals surface area (Å²) in [6.07, 6.45) is 3.32. The smallest absolute Gasteiger partial charge is 0.256 e. The van der Waals surface area contributed by atoms with Crippen LogP contribution in [0.4, 0.5) is 5.69 Å². The number of benzene rings is 1. The topological polar surface area (TPSA) is 77.4 Å². The van der Waals surface area contributed by atoms with Crippen molar-refractivity contribution >= 4 is 26.0 Å². The molecule has 1 unspecified atom stereocenters. The van der Waals surface area contributed by atoms with E-state index in [1.807, 2.05) is 4.90 Å². The first kappa shape index (κ1) is 23.1. The quantitative estimate of drug-likeness (QED) is 0.373. The number of likely N-dealkylation sites (tertiary alicyclic amines) is 1. The fourth-order valence-corrected chi connectivity index (χ4v) is 4.18. The zero-order valence-electron chi connectivity index (χ0n) is 18.5. The number of carbonyl (C=O) groups is 1. The maximum atomic E-state index is 13.3. The molecule has 1 amide bonds. The van der Waals surface area contributed by atoms with Crippen LogP contribution in [0.3, 0.4) is 0 Å². The van der Waals surface area contributed by atoms with Gasteiger partial charge in [0, 0.05) is 12.6 Å². The fourth-order valence-electron chi connectivity index (χ4n) is 3.13. The number of methoxy groups -OCH3 is 2. The van der Waals surface area contributed by atoms with Crippen molar-refractivity contribution in [2.45, 2.75) is 57.8 Å². The molecule has 0 aliphatic carbocycles. The first-order chi connectivity index (χ1) is 13.6. The molecule has 1 fully saturated rings. The Hall–Kier alpha value is -2.15. The lowest BCUT2D eigenvalue weighted by Gasteiger charge is -2.38. The van der Waals surface area contributed by atoms with E-state index >= 15 is 0 Å². The second-order valence-electron chi connectivity index (χ2n) is 8.79. The average Bonchev–Trinajstić information content (AvgIpc) is 3.13. The van der Waals surface area contributed by atoms with E-state index in [4.69, 9.17) is 13.9 Å². The highest BCUT2D eigenvalue weighted by molar-refractivity contribution is 6.74. The highest BCUT2D eigenvalue weighted by atomic mass is 28.4. The maximum Gasteiger partial charge on any atom is 0.256 e. The van der Waals surface area contributed by atoms with Crippen LogP contribution in [-0.2, 0) is 9.22 Å². The fraction of sp³-hybridized carbons (Fsp3) is 0.619. The third-order valence-electron chi connectivity index (χ3n) is 5.98. The Bertz CT molecular complexity index is 797. The zero-order chi connectivity index (χ0) is 21.8. The van der Waals surface area contributed by atoms with Gasteiger partial charge in [-0.2, -0.15) is 4.99 Å². The predicted molar refractivity (Wildman–Crippen MR) is 115 cm³/mol. The summed E-state index contributed by atoms with van der Waals surface area (Å²) in [6.45, 7) is 12.2. The molecule has 2 rings (SSSR count). The van der Waals surface area contributed by atoms with Crippen LogP contribution >= 0.6 is 0 Å². The minimum atomic E-state index is -1.91. The van der Waals surface area contributed by atoms with Gasteiger partial charge in [-0.3, -0.25) is 4.79 Å². The van der Waals surface area contributed by atoms with Crippen LogP contribution in [0.25, 0.3) is 0 Å². The van der Waals surface area contributed by atoms with Gasteiger partial charge < -0.3 is 18.8 Å². The van der Waals surface area contributed by atoms with Gasteiger partial charge in [-0.1, -0.05) is 20.8 Å². The number of hydrogen-bond donors (Lipinski definition) is 0. The van der Waals surface area contributed by atoms with E-state index in [-0.39, 0.29) is 22.7 Å². The first-order valence-electron chi connectivity index (χ1n) is 9.84. The normalized spacial score (nSPS) is 17.1. The Morgan fingerprint density at radius 3 is 2.41 bits per heavy atom. The minimum Gasteiger partial charge on any atom is -0.493 e. The second kappa shape index (κ2) is 9.11. The summed E-state index contributed by atoms with van der Waals surface area (Å²) in [6, 6.07) is 3.09. The molecule has 160 valence electrons. The highest BCUT2D eigenvalue weighted by Crippen LogP contribution is 2.38. The van der Waals surface area contributed by atoms with Crippen LogP contribution in [0.5, 0.6) is 11.5 Å². The average molecular weight is 421 g/mol. The molecule has 1 aliphatic rings. The van der Waals surface area contributed by atoms with Gasteiger partial charge in [-0.05, 0) is 37.0 Å². The standard InChI is InChI=1S/C21H32N2O5Si/c1-21(2,3)29(6,7)28-13-15-9-8-10-23(15)20(25)16-11-18(26-4)19(27-5)12-17(16)22-14-24/h11-12,15H,8-10,13H2,1-7H3. The molecule has 1 saturated heterocycles. The van der Waals surface area contributed by atoms with Crippen LogP contribution in [0.2, 0.25) is 18.1 Å². The third-order valence-corrected chi connectivity index (χ3v) is 10.5. The van der Waals surface area contributed by atoms with Gasteiger partial charge in [0.25, 0.3) is 5.91 Å². The van der Waals surface area contributed by atoms with Gasteiger partial charge in [0.15, 0.2) is 19.8 Å². The van der Waals surface area contributed by atoms with Gasteiger partial charge in [0.05, 0.1) is 38.1 Å². The second-order valence-corrected chi connectivity index (χ2v) is 13.6. The maximum absolute atomic E-state index is 13.3. The molecule has 0 saturated carbocycles. The van der Waals surface area contributed by atoms with Crippen LogP contribution < -0.4 is 9.47 Å². The van der Waals surface area contributed by atoms with Crippen molar-refractivity contribution in [3.05, 3.63) is 17.7 Å². The molecule has 0 aromatic heterocycles. The van der Waals surface area contributed by atoms with Gasteiger partial charge >= 0.3 is 0 Å². The van der Waals surface area contributed by atoms with E-state index < -0.39 is 8.32 Å². The number of carbonyl (C=O) groups excluding carboxylic acids is 2. The summed E-state index contributed by atoms with van der Waals surface area (Å²) in [5.41, 5.74) is 0.517. The molecule has 0 bridgehead atoms. The van der Waals surface area contributed by atoms with Crippen LogP contribution in [0, 0.1) is 0 Å². The molecule has 29 heavy (non-hydrogen) atoms. The van der Waals surface area contributed by atoms with E-state index in [1.165, 1.54) is 26.4 Å². The molecular formula is C21H32N2O5Si. The Morgan fingerprint density at radius 2 is 1.86 bits per heavy atom. The molecule has 0 radical (unpaired) electrons. The van der Waals surface area contributed by atoms with Crippen LogP contribution in [0.15, 0.2) is 17.1 Å². The van der Waals surface area contributed by atoms with E-state index in [9.17, 15) is 9.59 Å². The molecule has 1 heterocycles. The molecular weight excluding hydrogens is 388 g/mol. The van der Waals surface area contributed by atoms with E-state index in [0.29, 0.717) is 30.2 Å². The van der Waals surface area contributed by atoms with Crippen molar-refractivity contribution < 1.29 is 23.5 Å². The number of amides is 1. The van der Waals surface area contributed by atoms with Crippen molar-refractivity contribution in [3.8, 4) is 11.5 Å². The number of ether oxygens (including phenoxy) is 2. The predicted octanol–water partition coefficient (Wildman–Crippen LogP) is 4.30. The summed E-state index contributed by atoms with van der Waals surface area (Å²) >= 11 is 0. The molecule has 1 atom stereocenters. The van der Waals surface area contributed by atoms with Crippen molar-refractivity contribution in [2.75, 3.05) is 27.4 Å². The van der Waals surface area contributed by atoms with E-state index in [1.54, 1.807) is 6.07 Å². The van der Waals surface area contributed by atoms with Gasteiger partial charge in [0.2, 0.25) is 6.08 Å². The molecule has 1 aliphatic heterocycles. The van der Waals surface area contributed by atoms with E-state index in [2.05, 4.69) is 38.9 Å². The van der Waals surface area contributed by atoms with E-state index in [0.717, 1.165) is 12.8 Å². The number of hydrogen-bond acceptors (Lipinski definition) is 6. The molecule has 1 aromatic carbocycles. The van der Waals surface area contributed by atoms with Crippen LogP contribution in [0.1, 0.15) is 44.0 Å². The Labute approximate surface area is 174 Å². The molecule has 8 heteroatoms. The number of isocyanates is 1. The number of aliphatic imine (C=N–C) groups is 1. The largest absolute Gasteiger partial charge is 0.493 e. The number of nitrogens with zero attached hydrogens (tertiary/aromatic N) is 2. The molecule has 0 spiro atoms. The molecule has 1 aromatic rings. The first-order valence-corrected chi connectivity index (χ1v) is 12.8. The number of rotatable bonds is 7. The van der Waals surface area contributed by atoms with Crippen LogP contribution in [-0.4, -0.2) is 58.6 Å². The highest BCUT2D eigenvalue weighted by Gasteiger charge is 2.39. The Balaban J connectivity index is 2.29. The third kappa shape index (κ3) is 5.07. The van der Waals surface area contributed by atoms with Gasteiger partial charge in [-0.25, -0.2) is 4.79 Å². The van der Waals surface area contributed by atoms with Crippen molar-refractivity contribution in [1.29, 1.82) is 0 Å². The zero-order valence-corrected chi connectivity index (χ0v) is 19.5. The Kier molecular flexibility index (Phi) is 7.27. The summed E-state index contributed by atoms with van der Waals surface area (Å²) < 4.78 is 16.9. The van der Waals surface area contributed by atoms with Gasteiger partial charge in [0.1, 0.15) is 0 Å². The monoisotopic (exact) mass is 420 g/mol.